The molecule has 116 valence electrons. The number of nitrogens with one attached hydrogen (secondary N) is 1. The zero-order valence-electron chi connectivity index (χ0n) is 13.2. The highest BCUT2D eigenvalue weighted by atomic mass is 16.5. The minimum atomic E-state index is -0.720. The van der Waals surface area contributed by atoms with E-state index in [1.807, 2.05) is 13.8 Å². The van der Waals surface area contributed by atoms with Gasteiger partial charge in [-0.25, -0.2) is 9.59 Å². The minimum absolute atomic E-state index is 0.177. The Morgan fingerprint density at radius 2 is 2.05 bits per heavy atom. The normalized spacial score (nSPS) is 21.6. The van der Waals surface area contributed by atoms with E-state index in [1.165, 1.54) is 11.9 Å². The van der Waals surface area contributed by atoms with Crippen LogP contribution in [0.5, 0.6) is 0 Å². The molecule has 2 N–H and O–H groups in total. The van der Waals surface area contributed by atoms with Crippen LogP contribution in [0.1, 0.15) is 34.1 Å². The van der Waals surface area contributed by atoms with E-state index < -0.39 is 17.7 Å². The number of urea groups is 2. The summed E-state index contributed by atoms with van der Waals surface area (Å²) in [4.78, 5) is 27.1. The Labute approximate surface area is 120 Å². The SMILES string of the molecule is CNC(=O)N(O)[C@@H]1N(C)C(=O)N(CCC(C)C)C1(C)C. The van der Waals surface area contributed by atoms with Crippen molar-refractivity contribution in [1.29, 1.82) is 0 Å². The number of amides is 4. The van der Waals surface area contributed by atoms with Crippen LogP contribution in [-0.2, 0) is 0 Å². The van der Waals surface area contributed by atoms with Gasteiger partial charge in [0.1, 0.15) is 0 Å². The molecule has 0 unspecified atom stereocenters. The number of hydrogen-bond acceptors (Lipinski definition) is 3. The van der Waals surface area contributed by atoms with E-state index in [1.54, 1.807) is 11.9 Å². The summed E-state index contributed by atoms with van der Waals surface area (Å²) in [6, 6.07) is -0.808. The van der Waals surface area contributed by atoms with E-state index in [0.717, 1.165) is 6.42 Å². The number of carbonyl (C=O) groups is 2. The van der Waals surface area contributed by atoms with Gasteiger partial charge in [-0.3, -0.25) is 5.21 Å². The minimum Gasteiger partial charge on any atom is -0.339 e. The summed E-state index contributed by atoms with van der Waals surface area (Å²) in [7, 11) is 3.03. The van der Waals surface area contributed by atoms with Gasteiger partial charge < -0.3 is 15.1 Å². The van der Waals surface area contributed by atoms with Crippen LogP contribution in [-0.4, -0.2) is 64.5 Å². The summed E-state index contributed by atoms with van der Waals surface area (Å²) in [6.45, 7) is 8.50. The van der Waals surface area contributed by atoms with Gasteiger partial charge in [0.15, 0.2) is 6.17 Å². The maximum Gasteiger partial charge on any atom is 0.342 e. The molecule has 4 amide bonds. The molecule has 0 aliphatic carbocycles. The van der Waals surface area contributed by atoms with Gasteiger partial charge in [0.05, 0.1) is 5.54 Å². The number of rotatable bonds is 4. The van der Waals surface area contributed by atoms with Crippen LogP contribution in [0, 0.1) is 5.92 Å². The van der Waals surface area contributed by atoms with Gasteiger partial charge in [0.25, 0.3) is 0 Å². The van der Waals surface area contributed by atoms with Gasteiger partial charge >= 0.3 is 12.1 Å². The number of likely N-dealkylation sites (N-methyl/N-ethyl adjacent to an activating group) is 1. The monoisotopic (exact) mass is 286 g/mol. The van der Waals surface area contributed by atoms with E-state index in [-0.39, 0.29) is 6.03 Å². The van der Waals surface area contributed by atoms with E-state index in [4.69, 9.17) is 0 Å². The number of nitrogens with zero attached hydrogens (tertiary/aromatic N) is 3. The number of hydroxylamine groups is 2. The molecule has 1 atom stereocenters. The van der Waals surface area contributed by atoms with Crippen LogP contribution in [0.3, 0.4) is 0 Å². The zero-order valence-corrected chi connectivity index (χ0v) is 13.2. The van der Waals surface area contributed by atoms with Gasteiger partial charge in [-0.15, -0.1) is 0 Å². The van der Waals surface area contributed by atoms with Crippen LogP contribution in [0.4, 0.5) is 9.59 Å². The molecule has 0 aromatic rings. The highest BCUT2D eigenvalue weighted by Crippen LogP contribution is 2.33. The highest BCUT2D eigenvalue weighted by molar-refractivity contribution is 5.80. The smallest absolute Gasteiger partial charge is 0.339 e. The first-order chi connectivity index (χ1) is 9.14. The van der Waals surface area contributed by atoms with Crippen molar-refractivity contribution in [3.8, 4) is 0 Å². The summed E-state index contributed by atoms with van der Waals surface area (Å²) < 4.78 is 0. The predicted octanol–water partition coefficient (Wildman–Crippen LogP) is 1.54. The molecule has 1 fully saturated rings. The molecule has 1 heterocycles. The fraction of sp³-hybridized carbons (Fsp3) is 0.846. The summed E-state index contributed by atoms with van der Waals surface area (Å²) in [5.41, 5.74) is -0.665. The van der Waals surface area contributed by atoms with Crippen LogP contribution >= 0.6 is 0 Å². The fourth-order valence-corrected chi connectivity index (χ4v) is 2.61. The molecule has 0 aromatic carbocycles. The van der Waals surface area contributed by atoms with Crippen LogP contribution in [0.25, 0.3) is 0 Å². The second kappa shape index (κ2) is 5.87. The van der Waals surface area contributed by atoms with Crippen molar-refractivity contribution < 1.29 is 14.8 Å². The van der Waals surface area contributed by atoms with Crippen molar-refractivity contribution >= 4 is 12.1 Å². The van der Waals surface area contributed by atoms with Crippen LogP contribution in [0.2, 0.25) is 0 Å². The maximum atomic E-state index is 12.3. The van der Waals surface area contributed by atoms with Crippen molar-refractivity contribution in [3.63, 3.8) is 0 Å². The van der Waals surface area contributed by atoms with E-state index in [0.29, 0.717) is 17.5 Å². The summed E-state index contributed by atoms with van der Waals surface area (Å²) in [5.74, 6) is 0.479. The molecule has 1 aliphatic rings. The molecule has 20 heavy (non-hydrogen) atoms. The zero-order chi connectivity index (χ0) is 15.7. The molecule has 0 bridgehead atoms. The van der Waals surface area contributed by atoms with E-state index >= 15 is 0 Å². The van der Waals surface area contributed by atoms with E-state index in [2.05, 4.69) is 19.2 Å². The summed E-state index contributed by atoms with van der Waals surface area (Å²) >= 11 is 0. The number of carbonyl (C=O) groups excluding carboxylic acids is 2. The van der Waals surface area contributed by atoms with Gasteiger partial charge in [0, 0.05) is 20.6 Å². The van der Waals surface area contributed by atoms with Gasteiger partial charge in [-0.1, -0.05) is 13.8 Å². The third-order valence-corrected chi connectivity index (χ3v) is 3.81. The highest BCUT2D eigenvalue weighted by Gasteiger charge is 2.53. The topological polar surface area (TPSA) is 76.1 Å². The van der Waals surface area contributed by atoms with Crippen molar-refractivity contribution in [2.24, 2.45) is 5.92 Å². The molecule has 0 radical (unpaired) electrons. The fourth-order valence-electron chi connectivity index (χ4n) is 2.61. The Bertz CT molecular complexity index is 384. The van der Waals surface area contributed by atoms with Crippen molar-refractivity contribution in [3.05, 3.63) is 0 Å². The average molecular weight is 286 g/mol. The number of hydrogen-bond donors (Lipinski definition) is 2. The van der Waals surface area contributed by atoms with Crippen LogP contribution in [0.15, 0.2) is 0 Å². The third kappa shape index (κ3) is 2.82. The lowest BCUT2D eigenvalue weighted by Crippen LogP contribution is -2.58. The first-order valence-corrected chi connectivity index (χ1v) is 6.88. The quantitative estimate of drug-likeness (QED) is 0.608. The standard InChI is InChI=1S/C13H26N4O3/c1-9(2)7-8-16-12(19)15(6)10(13(16,3)4)17(20)11(18)14-5/h9-10,20H,7-8H2,1-6H3,(H,14,18)/t10-/m0/s1. The summed E-state index contributed by atoms with van der Waals surface area (Å²) in [6.07, 6.45) is 0.156. The largest absolute Gasteiger partial charge is 0.342 e. The molecular weight excluding hydrogens is 260 g/mol. The maximum absolute atomic E-state index is 12.3. The Balaban J connectivity index is 2.98. The Kier molecular flexibility index (Phi) is 4.86. The van der Waals surface area contributed by atoms with E-state index in [9.17, 15) is 14.8 Å². The van der Waals surface area contributed by atoms with Gasteiger partial charge in [-0.05, 0) is 26.2 Å². The summed E-state index contributed by atoms with van der Waals surface area (Å²) in [5, 5.41) is 13.0. The van der Waals surface area contributed by atoms with Crippen molar-refractivity contribution in [1.82, 2.24) is 20.2 Å². The second-order valence-corrected chi connectivity index (χ2v) is 6.15. The molecule has 7 nitrogen and oxygen atoms in total. The lowest BCUT2D eigenvalue weighted by atomic mass is 9.99. The molecule has 0 saturated carbocycles. The molecule has 0 aromatic heterocycles. The molecule has 1 saturated heterocycles. The molecule has 0 spiro atoms. The van der Waals surface area contributed by atoms with Crippen molar-refractivity contribution in [2.45, 2.75) is 45.8 Å². The van der Waals surface area contributed by atoms with Crippen LogP contribution < -0.4 is 5.32 Å². The Morgan fingerprint density at radius 3 is 2.50 bits per heavy atom. The molecule has 7 heteroatoms. The Morgan fingerprint density at radius 1 is 1.50 bits per heavy atom. The lowest BCUT2D eigenvalue weighted by molar-refractivity contribution is -0.129. The molecule has 1 aliphatic heterocycles. The van der Waals surface area contributed by atoms with Gasteiger partial charge in [0.2, 0.25) is 0 Å². The molecule has 1 rings (SSSR count). The van der Waals surface area contributed by atoms with Gasteiger partial charge in [-0.2, -0.15) is 5.06 Å². The second-order valence-electron chi connectivity index (χ2n) is 6.15. The van der Waals surface area contributed by atoms with Crippen molar-refractivity contribution in [2.75, 3.05) is 20.6 Å². The average Bonchev–Trinajstić information content (AvgIpc) is 2.52. The first-order valence-electron chi connectivity index (χ1n) is 6.88. The molecular formula is C13H26N4O3. The predicted molar refractivity (Wildman–Crippen MR) is 75.3 cm³/mol. The Hall–Kier alpha value is -1.50. The third-order valence-electron chi connectivity index (χ3n) is 3.81. The first kappa shape index (κ1) is 16.6. The lowest BCUT2D eigenvalue weighted by Gasteiger charge is -2.37.